The molecule has 22 heavy (non-hydrogen) atoms. The largest absolute Gasteiger partial charge is 0.458 e. The molecule has 0 aromatic heterocycles. The Morgan fingerprint density at radius 2 is 2.23 bits per heavy atom. The van der Waals surface area contributed by atoms with Gasteiger partial charge in [0.15, 0.2) is 0 Å². The van der Waals surface area contributed by atoms with Crippen LogP contribution in [0.4, 0.5) is 4.39 Å². The lowest BCUT2D eigenvalue weighted by Crippen LogP contribution is -2.42. The summed E-state index contributed by atoms with van der Waals surface area (Å²) < 4.78 is 18.7. The van der Waals surface area contributed by atoms with Crippen LogP contribution in [0.3, 0.4) is 0 Å². The number of nitrogens with zero attached hydrogens (tertiary/aromatic N) is 1. The summed E-state index contributed by atoms with van der Waals surface area (Å²) in [6.07, 6.45) is 1.48. The Balaban J connectivity index is 1.95. The topological polar surface area (TPSA) is 46.6 Å². The summed E-state index contributed by atoms with van der Waals surface area (Å²) in [6.45, 7) is 4.66. The number of ether oxygens (including phenoxy) is 1. The molecule has 1 aliphatic rings. The van der Waals surface area contributed by atoms with Crippen molar-refractivity contribution in [2.24, 2.45) is 5.92 Å². The number of rotatable bonds is 4. The Kier molecular flexibility index (Phi) is 5.52. The van der Waals surface area contributed by atoms with Crippen LogP contribution >= 0.6 is 0 Å². The number of benzene rings is 1. The van der Waals surface area contributed by atoms with Gasteiger partial charge in [-0.05, 0) is 37.5 Å². The summed E-state index contributed by atoms with van der Waals surface area (Å²) in [5.41, 5.74) is 0.630. The van der Waals surface area contributed by atoms with Gasteiger partial charge in [0.1, 0.15) is 11.9 Å². The summed E-state index contributed by atoms with van der Waals surface area (Å²) in [5, 5.41) is 0. The second-order valence-corrected chi connectivity index (χ2v) is 5.67. The van der Waals surface area contributed by atoms with Gasteiger partial charge in [-0.3, -0.25) is 9.59 Å². The number of halogens is 1. The smallest absolute Gasteiger partial charge is 0.311 e. The monoisotopic (exact) mass is 307 g/mol. The van der Waals surface area contributed by atoms with E-state index >= 15 is 0 Å². The van der Waals surface area contributed by atoms with Gasteiger partial charge < -0.3 is 9.64 Å². The molecule has 0 N–H and O–H groups in total. The Labute approximate surface area is 130 Å². The number of carbonyl (C=O) groups excluding carboxylic acids is 2. The van der Waals surface area contributed by atoms with Crippen molar-refractivity contribution in [2.75, 3.05) is 13.1 Å². The normalized spacial score (nSPS) is 19.6. The maximum Gasteiger partial charge on any atom is 0.311 e. The van der Waals surface area contributed by atoms with Crippen molar-refractivity contribution in [3.63, 3.8) is 0 Å². The number of carbonyl (C=O) groups is 2. The third kappa shape index (κ3) is 4.06. The molecule has 2 atom stereocenters. The lowest BCUT2D eigenvalue weighted by atomic mass is 9.97. The highest BCUT2D eigenvalue weighted by Crippen LogP contribution is 2.23. The van der Waals surface area contributed by atoms with Crippen molar-refractivity contribution in [3.8, 4) is 0 Å². The van der Waals surface area contributed by atoms with Crippen molar-refractivity contribution in [1.82, 2.24) is 4.90 Å². The maximum absolute atomic E-state index is 13.2. The summed E-state index contributed by atoms with van der Waals surface area (Å²) in [5.74, 6) is -0.890. The van der Waals surface area contributed by atoms with Gasteiger partial charge in [0, 0.05) is 19.5 Å². The molecule has 2 rings (SSSR count). The first-order chi connectivity index (χ1) is 10.5. The molecule has 1 aliphatic heterocycles. The molecule has 4 nitrogen and oxygen atoms in total. The average Bonchev–Trinajstić information content (AvgIpc) is 2.54. The Hall–Kier alpha value is -1.91. The molecule has 1 aromatic rings. The second-order valence-electron chi connectivity index (χ2n) is 5.67. The van der Waals surface area contributed by atoms with E-state index in [0.717, 1.165) is 12.8 Å². The van der Waals surface area contributed by atoms with Crippen molar-refractivity contribution in [3.05, 3.63) is 35.6 Å². The van der Waals surface area contributed by atoms with E-state index in [1.165, 1.54) is 12.1 Å². The van der Waals surface area contributed by atoms with Crippen molar-refractivity contribution in [1.29, 1.82) is 0 Å². The highest BCUT2D eigenvalue weighted by Gasteiger charge is 2.29. The zero-order valence-electron chi connectivity index (χ0n) is 13.0. The zero-order chi connectivity index (χ0) is 16.1. The maximum atomic E-state index is 13.2. The minimum Gasteiger partial charge on any atom is -0.458 e. The predicted molar refractivity (Wildman–Crippen MR) is 80.5 cm³/mol. The van der Waals surface area contributed by atoms with Gasteiger partial charge in [0.25, 0.3) is 0 Å². The van der Waals surface area contributed by atoms with Crippen LogP contribution in [-0.2, 0) is 14.3 Å². The minimum absolute atomic E-state index is 0.0654. The number of piperidine rings is 1. The Bertz CT molecular complexity index is 546. The second kappa shape index (κ2) is 7.38. The van der Waals surface area contributed by atoms with Gasteiger partial charge >= 0.3 is 5.97 Å². The van der Waals surface area contributed by atoms with Crippen molar-refractivity contribution < 1.29 is 18.7 Å². The number of likely N-dealkylation sites (tertiary alicyclic amines) is 1. The molecule has 2 unspecified atom stereocenters. The van der Waals surface area contributed by atoms with Gasteiger partial charge in [0.2, 0.25) is 5.91 Å². The van der Waals surface area contributed by atoms with Gasteiger partial charge in [-0.2, -0.15) is 0 Å². The fourth-order valence-electron chi connectivity index (χ4n) is 2.72. The van der Waals surface area contributed by atoms with Crippen LogP contribution in [0.2, 0.25) is 0 Å². The first-order valence-electron chi connectivity index (χ1n) is 7.75. The average molecular weight is 307 g/mol. The highest BCUT2D eigenvalue weighted by molar-refractivity contribution is 5.78. The van der Waals surface area contributed by atoms with E-state index in [-0.39, 0.29) is 23.6 Å². The molecule has 0 aliphatic carbocycles. The molecule has 5 heteroatoms. The number of amides is 1. The summed E-state index contributed by atoms with van der Waals surface area (Å²) >= 11 is 0. The van der Waals surface area contributed by atoms with E-state index in [1.54, 1.807) is 24.0 Å². The summed E-state index contributed by atoms with van der Waals surface area (Å²) in [6, 6.07) is 6.05. The molecule has 0 bridgehead atoms. The molecule has 0 spiro atoms. The van der Waals surface area contributed by atoms with E-state index in [1.807, 2.05) is 6.92 Å². The molecule has 1 amide bonds. The van der Waals surface area contributed by atoms with Crippen molar-refractivity contribution in [2.45, 2.75) is 39.2 Å². The fourth-order valence-corrected chi connectivity index (χ4v) is 2.72. The quantitative estimate of drug-likeness (QED) is 0.803. The third-order valence-corrected chi connectivity index (χ3v) is 4.02. The SMILES string of the molecule is CCC(=O)N1CCCC(C(=O)OC(C)c2cccc(F)c2)C1. The highest BCUT2D eigenvalue weighted by atomic mass is 19.1. The first kappa shape index (κ1) is 16.5. The Morgan fingerprint density at radius 3 is 2.91 bits per heavy atom. The summed E-state index contributed by atoms with van der Waals surface area (Å²) in [7, 11) is 0. The van der Waals surface area contributed by atoms with Gasteiger partial charge in [0.05, 0.1) is 5.92 Å². The van der Waals surface area contributed by atoms with E-state index in [9.17, 15) is 14.0 Å². The van der Waals surface area contributed by atoms with E-state index in [2.05, 4.69) is 0 Å². The zero-order valence-corrected chi connectivity index (χ0v) is 13.0. The number of esters is 1. The fraction of sp³-hybridized carbons (Fsp3) is 0.529. The molecule has 120 valence electrons. The van der Waals surface area contributed by atoms with E-state index in [4.69, 9.17) is 4.74 Å². The van der Waals surface area contributed by atoms with Crippen LogP contribution < -0.4 is 0 Å². The van der Waals surface area contributed by atoms with E-state index < -0.39 is 6.10 Å². The van der Waals surface area contributed by atoms with Gasteiger partial charge in [-0.1, -0.05) is 19.1 Å². The van der Waals surface area contributed by atoms with Crippen LogP contribution in [0.5, 0.6) is 0 Å². The van der Waals surface area contributed by atoms with Gasteiger partial charge in [-0.15, -0.1) is 0 Å². The minimum atomic E-state index is -0.500. The molecule has 1 fully saturated rings. The molecule has 0 saturated carbocycles. The number of hydrogen-bond donors (Lipinski definition) is 0. The molecular formula is C17H22FNO3. The molecule has 0 radical (unpaired) electrons. The van der Waals surface area contributed by atoms with Crippen LogP contribution in [0.15, 0.2) is 24.3 Å². The molecule has 1 heterocycles. The van der Waals surface area contributed by atoms with Crippen LogP contribution in [-0.4, -0.2) is 29.9 Å². The van der Waals surface area contributed by atoms with Gasteiger partial charge in [-0.25, -0.2) is 4.39 Å². The Morgan fingerprint density at radius 1 is 1.45 bits per heavy atom. The molecule has 1 aromatic carbocycles. The predicted octanol–water partition coefficient (Wildman–Crippen LogP) is 3.08. The first-order valence-corrected chi connectivity index (χ1v) is 7.75. The molecular weight excluding hydrogens is 285 g/mol. The lowest BCUT2D eigenvalue weighted by Gasteiger charge is -2.32. The van der Waals surface area contributed by atoms with E-state index in [0.29, 0.717) is 25.1 Å². The number of hydrogen-bond acceptors (Lipinski definition) is 3. The molecule has 1 saturated heterocycles. The summed E-state index contributed by atoms with van der Waals surface area (Å²) in [4.78, 5) is 25.7. The standard InChI is InChI=1S/C17H22FNO3/c1-3-16(20)19-9-5-7-14(11-19)17(21)22-12(2)13-6-4-8-15(18)10-13/h4,6,8,10,12,14H,3,5,7,9,11H2,1-2H3. The van der Waals surface area contributed by atoms with Crippen LogP contribution in [0, 0.1) is 11.7 Å². The van der Waals surface area contributed by atoms with Crippen molar-refractivity contribution >= 4 is 11.9 Å². The third-order valence-electron chi connectivity index (χ3n) is 4.02. The van der Waals surface area contributed by atoms with Crippen LogP contribution in [0.25, 0.3) is 0 Å². The van der Waals surface area contributed by atoms with Crippen LogP contribution in [0.1, 0.15) is 44.8 Å². The lowest BCUT2D eigenvalue weighted by molar-refractivity contribution is -0.156.